The van der Waals surface area contributed by atoms with Gasteiger partial charge in [0.2, 0.25) is 5.91 Å². The lowest BCUT2D eigenvalue weighted by Crippen LogP contribution is -2.26. The first-order chi connectivity index (χ1) is 10.7. The van der Waals surface area contributed by atoms with E-state index in [1.807, 2.05) is 43.4 Å². The predicted octanol–water partition coefficient (Wildman–Crippen LogP) is 3.66. The average molecular weight is 363 g/mol. The lowest BCUT2D eigenvalue weighted by molar-refractivity contribution is -0.130. The van der Waals surface area contributed by atoms with Crippen molar-refractivity contribution in [3.63, 3.8) is 0 Å². The SMILES string of the molecule is CN(Cc1cccnc1)C(=O)CCCOc1ccccc1Br. The van der Waals surface area contributed by atoms with E-state index in [4.69, 9.17) is 4.74 Å². The number of hydrogen-bond donors (Lipinski definition) is 0. The number of rotatable bonds is 7. The Morgan fingerprint density at radius 3 is 2.82 bits per heavy atom. The Morgan fingerprint density at radius 2 is 2.09 bits per heavy atom. The lowest BCUT2D eigenvalue weighted by atomic mass is 10.2. The fourth-order valence-electron chi connectivity index (χ4n) is 2.01. The number of nitrogens with zero attached hydrogens (tertiary/aromatic N) is 2. The first kappa shape index (κ1) is 16.5. The van der Waals surface area contributed by atoms with Crippen LogP contribution in [-0.4, -0.2) is 29.4 Å². The summed E-state index contributed by atoms with van der Waals surface area (Å²) in [6.45, 7) is 1.10. The monoisotopic (exact) mass is 362 g/mol. The fraction of sp³-hybridized carbons (Fsp3) is 0.294. The number of aromatic nitrogens is 1. The number of halogens is 1. The molecule has 0 radical (unpaired) electrons. The molecular weight excluding hydrogens is 344 g/mol. The van der Waals surface area contributed by atoms with Crippen molar-refractivity contribution in [2.75, 3.05) is 13.7 Å². The molecule has 1 aromatic carbocycles. The second-order valence-corrected chi connectivity index (χ2v) is 5.85. The normalized spacial score (nSPS) is 10.3. The van der Waals surface area contributed by atoms with Crippen molar-refractivity contribution >= 4 is 21.8 Å². The summed E-state index contributed by atoms with van der Waals surface area (Å²) in [5.41, 5.74) is 1.03. The van der Waals surface area contributed by atoms with Crippen molar-refractivity contribution in [1.82, 2.24) is 9.88 Å². The van der Waals surface area contributed by atoms with Gasteiger partial charge in [0.05, 0.1) is 11.1 Å². The van der Waals surface area contributed by atoms with E-state index in [-0.39, 0.29) is 5.91 Å². The van der Waals surface area contributed by atoms with Gasteiger partial charge in [-0.1, -0.05) is 18.2 Å². The van der Waals surface area contributed by atoms with Gasteiger partial charge in [-0.25, -0.2) is 0 Å². The van der Waals surface area contributed by atoms with Crippen LogP contribution in [0.2, 0.25) is 0 Å². The molecule has 22 heavy (non-hydrogen) atoms. The van der Waals surface area contributed by atoms with Gasteiger partial charge in [0.1, 0.15) is 5.75 Å². The lowest BCUT2D eigenvalue weighted by Gasteiger charge is -2.17. The van der Waals surface area contributed by atoms with E-state index in [2.05, 4.69) is 20.9 Å². The highest BCUT2D eigenvalue weighted by Gasteiger charge is 2.09. The molecule has 0 aliphatic carbocycles. The van der Waals surface area contributed by atoms with Crippen LogP contribution in [0.5, 0.6) is 5.75 Å². The molecule has 4 nitrogen and oxygen atoms in total. The third kappa shape index (κ3) is 5.15. The quantitative estimate of drug-likeness (QED) is 0.705. The first-order valence-electron chi connectivity index (χ1n) is 7.17. The summed E-state index contributed by atoms with van der Waals surface area (Å²) in [6.07, 6.45) is 4.67. The number of ether oxygens (including phenoxy) is 1. The third-order valence-corrected chi connectivity index (χ3v) is 3.85. The molecule has 0 aliphatic heterocycles. The summed E-state index contributed by atoms with van der Waals surface area (Å²) in [5.74, 6) is 0.915. The number of carbonyl (C=O) groups excluding carboxylic acids is 1. The minimum absolute atomic E-state index is 0.111. The van der Waals surface area contributed by atoms with E-state index < -0.39 is 0 Å². The molecule has 0 spiro atoms. The van der Waals surface area contributed by atoms with Crippen LogP contribution in [0, 0.1) is 0 Å². The van der Waals surface area contributed by atoms with Gasteiger partial charge in [0.25, 0.3) is 0 Å². The Kier molecular flexibility index (Phi) is 6.40. The first-order valence-corrected chi connectivity index (χ1v) is 7.96. The van der Waals surface area contributed by atoms with Crippen LogP contribution in [0.15, 0.2) is 53.3 Å². The zero-order chi connectivity index (χ0) is 15.8. The Hall–Kier alpha value is -1.88. The zero-order valence-electron chi connectivity index (χ0n) is 12.5. The van der Waals surface area contributed by atoms with E-state index in [0.29, 0.717) is 26.0 Å². The zero-order valence-corrected chi connectivity index (χ0v) is 14.1. The molecular formula is C17H19BrN2O2. The largest absolute Gasteiger partial charge is 0.492 e. The third-order valence-electron chi connectivity index (χ3n) is 3.20. The molecule has 0 fully saturated rings. The summed E-state index contributed by atoms with van der Waals surface area (Å²) in [7, 11) is 1.81. The number of amides is 1. The van der Waals surface area contributed by atoms with E-state index in [0.717, 1.165) is 15.8 Å². The van der Waals surface area contributed by atoms with Crippen molar-refractivity contribution in [1.29, 1.82) is 0 Å². The van der Waals surface area contributed by atoms with Crippen molar-refractivity contribution in [2.24, 2.45) is 0 Å². The summed E-state index contributed by atoms with van der Waals surface area (Å²) in [6, 6.07) is 11.5. The van der Waals surface area contributed by atoms with Crippen LogP contribution in [0.4, 0.5) is 0 Å². The Balaban J connectivity index is 1.70. The summed E-state index contributed by atoms with van der Waals surface area (Å²) in [4.78, 5) is 17.8. The topological polar surface area (TPSA) is 42.4 Å². The van der Waals surface area contributed by atoms with Crippen molar-refractivity contribution in [3.8, 4) is 5.75 Å². The van der Waals surface area contributed by atoms with Crippen molar-refractivity contribution in [3.05, 3.63) is 58.8 Å². The molecule has 0 saturated heterocycles. The highest BCUT2D eigenvalue weighted by atomic mass is 79.9. The summed E-state index contributed by atoms with van der Waals surface area (Å²) in [5, 5.41) is 0. The molecule has 0 saturated carbocycles. The molecule has 0 unspecified atom stereocenters. The van der Waals surface area contributed by atoms with Crippen LogP contribution in [-0.2, 0) is 11.3 Å². The maximum atomic E-state index is 12.1. The molecule has 0 atom stereocenters. The minimum atomic E-state index is 0.111. The summed E-state index contributed by atoms with van der Waals surface area (Å²) >= 11 is 3.43. The van der Waals surface area contributed by atoms with Gasteiger partial charge in [0, 0.05) is 32.4 Å². The van der Waals surface area contributed by atoms with E-state index in [1.54, 1.807) is 17.3 Å². The van der Waals surface area contributed by atoms with Gasteiger partial charge >= 0.3 is 0 Å². The smallest absolute Gasteiger partial charge is 0.222 e. The molecule has 1 amide bonds. The van der Waals surface area contributed by atoms with Crippen LogP contribution < -0.4 is 4.74 Å². The highest BCUT2D eigenvalue weighted by molar-refractivity contribution is 9.10. The molecule has 2 rings (SSSR count). The van der Waals surface area contributed by atoms with Crippen molar-refractivity contribution < 1.29 is 9.53 Å². The van der Waals surface area contributed by atoms with Gasteiger partial charge < -0.3 is 9.64 Å². The molecule has 0 bridgehead atoms. The molecule has 0 aliphatic rings. The molecule has 2 aromatic rings. The number of carbonyl (C=O) groups is 1. The van der Waals surface area contributed by atoms with Gasteiger partial charge in [0.15, 0.2) is 0 Å². The molecule has 116 valence electrons. The van der Waals surface area contributed by atoms with Gasteiger partial charge in [-0.15, -0.1) is 0 Å². The molecule has 5 heteroatoms. The number of benzene rings is 1. The van der Waals surface area contributed by atoms with Crippen LogP contribution >= 0.6 is 15.9 Å². The maximum absolute atomic E-state index is 12.1. The maximum Gasteiger partial charge on any atom is 0.222 e. The van der Waals surface area contributed by atoms with Gasteiger partial charge in [-0.2, -0.15) is 0 Å². The van der Waals surface area contributed by atoms with E-state index in [9.17, 15) is 4.79 Å². The minimum Gasteiger partial charge on any atom is -0.492 e. The highest BCUT2D eigenvalue weighted by Crippen LogP contribution is 2.23. The standard InChI is InChI=1S/C17H19BrN2O2/c1-20(13-14-6-4-10-19-12-14)17(21)9-5-11-22-16-8-3-2-7-15(16)18/h2-4,6-8,10,12H,5,9,11,13H2,1H3. The Labute approximate surface area is 139 Å². The van der Waals surface area contributed by atoms with E-state index >= 15 is 0 Å². The second kappa shape index (κ2) is 8.54. The second-order valence-electron chi connectivity index (χ2n) is 4.99. The summed E-state index contributed by atoms with van der Waals surface area (Å²) < 4.78 is 6.58. The molecule has 0 N–H and O–H groups in total. The van der Waals surface area contributed by atoms with Crippen molar-refractivity contribution in [2.45, 2.75) is 19.4 Å². The fourth-order valence-corrected chi connectivity index (χ4v) is 2.41. The van der Waals surface area contributed by atoms with Gasteiger partial charge in [-0.05, 0) is 46.1 Å². The van der Waals surface area contributed by atoms with Gasteiger partial charge in [-0.3, -0.25) is 9.78 Å². The number of hydrogen-bond acceptors (Lipinski definition) is 3. The van der Waals surface area contributed by atoms with Crippen LogP contribution in [0.25, 0.3) is 0 Å². The Bertz CT molecular complexity index is 605. The number of para-hydroxylation sites is 1. The predicted molar refractivity (Wildman–Crippen MR) is 89.6 cm³/mol. The molecule has 1 aromatic heterocycles. The average Bonchev–Trinajstić information content (AvgIpc) is 2.53. The Morgan fingerprint density at radius 1 is 1.27 bits per heavy atom. The van der Waals surface area contributed by atoms with Crippen LogP contribution in [0.1, 0.15) is 18.4 Å². The van der Waals surface area contributed by atoms with Crippen LogP contribution in [0.3, 0.4) is 0 Å². The number of pyridine rings is 1. The molecule has 1 heterocycles. The van der Waals surface area contributed by atoms with E-state index in [1.165, 1.54) is 0 Å².